The molecule has 1 aromatic heterocycles. The van der Waals surface area contributed by atoms with Crippen LogP contribution in [0.2, 0.25) is 0 Å². The molecule has 0 aliphatic rings. The molecule has 0 aliphatic carbocycles. The number of carbonyl (C=O) groups excluding carboxylic acids is 1. The lowest BCUT2D eigenvalue weighted by Crippen LogP contribution is -2.10. The predicted molar refractivity (Wildman–Crippen MR) is 113 cm³/mol. The molecule has 3 aromatic carbocycles. The van der Waals surface area contributed by atoms with E-state index in [0.29, 0.717) is 11.4 Å². The zero-order valence-electron chi connectivity index (χ0n) is 15.9. The number of aromatic nitrogens is 2. The van der Waals surface area contributed by atoms with Gasteiger partial charge in [-0.05, 0) is 42.5 Å². The van der Waals surface area contributed by atoms with Crippen molar-refractivity contribution in [3.8, 4) is 39.7 Å². The molecule has 0 spiro atoms. The molecule has 0 radical (unpaired) electrons. The molecule has 2 N–H and O–H groups in total. The van der Waals surface area contributed by atoms with Crippen molar-refractivity contribution < 1.29 is 9.53 Å². The lowest BCUT2D eigenvalue weighted by molar-refractivity contribution is 0.100. The summed E-state index contributed by atoms with van der Waals surface area (Å²) in [4.78, 5) is 20.9. The monoisotopic (exact) mass is 381 g/mol. The van der Waals surface area contributed by atoms with Gasteiger partial charge in [-0.2, -0.15) is 0 Å². The number of methoxy groups -OCH3 is 1. The molecule has 0 fully saturated rings. The Morgan fingerprint density at radius 1 is 0.759 bits per heavy atom. The van der Waals surface area contributed by atoms with E-state index < -0.39 is 5.91 Å². The van der Waals surface area contributed by atoms with Gasteiger partial charge in [0.05, 0.1) is 18.5 Å². The maximum absolute atomic E-state index is 11.4. The quantitative estimate of drug-likeness (QED) is 0.549. The van der Waals surface area contributed by atoms with Crippen LogP contribution in [0, 0.1) is 0 Å². The third-order valence-corrected chi connectivity index (χ3v) is 4.61. The van der Waals surface area contributed by atoms with E-state index in [1.807, 2.05) is 72.8 Å². The van der Waals surface area contributed by atoms with Crippen LogP contribution in [0.4, 0.5) is 0 Å². The highest BCUT2D eigenvalue weighted by atomic mass is 16.5. The summed E-state index contributed by atoms with van der Waals surface area (Å²) < 4.78 is 5.25. The van der Waals surface area contributed by atoms with Gasteiger partial charge in [-0.15, -0.1) is 0 Å². The molecule has 4 rings (SSSR count). The van der Waals surface area contributed by atoms with Crippen molar-refractivity contribution in [2.45, 2.75) is 0 Å². The lowest BCUT2D eigenvalue weighted by atomic mass is 10.0. The molecule has 5 heteroatoms. The third-order valence-electron chi connectivity index (χ3n) is 4.61. The summed E-state index contributed by atoms with van der Waals surface area (Å²) >= 11 is 0. The van der Waals surface area contributed by atoms with Gasteiger partial charge >= 0.3 is 0 Å². The van der Waals surface area contributed by atoms with Gasteiger partial charge in [-0.25, -0.2) is 9.97 Å². The number of carbonyl (C=O) groups is 1. The Labute approximate surface area is 168 Å². The zero-order valence-corrected chi connectivity index (χ0v) is 15.9. The maximum atomic E-state index is 11.4. The number of hydrogen-bond donors (Lipinski definition) is 1. The van der Waals surface area contributed by atoms with Crippen LogP contribution >= 0.6 is 0 Å². The summed E-state index contributed by atoms with van der Waals surface area (Å²) in [5.74, 6) is 0.962. The Morgan fingerprint density at radius 2 is 1.31 bits per heavy atom. The molecule has 0 saturated carbocycles. The number of benzene rings is 3. The number of hydrogen-bond acceptors (Lipinski definition) is 4. The van der Waals surface area contributed by atoms with E-state index in [-0.39, 0.29) is 0 Å². The fraction of sp³-hybridized carbons (Fsp3) is 0.0417. The molecule has 1 amide bonds. The van der Waals surface area contributed by atoms with Crippen molar-refractivity contribution in [1.29, 1.82) is 0 Å². The van der Waals surface area contributed by atoms with E-state index in [1.165, 1.54) is 0 Å². The van der Waals surface area contributed by atoms with Crippen LogP contribution in [-0.2, 0) is 0 Å². The van der Waals surface area contributed by atoms with Crippen molar-refractivity contribution in [2.75, 3.05) is 7.11 Å². The minimum absolute atomic E-state index is 0.455. The molecule has 0 aliphatic heterocycles. The number of nitrogens with two attached hydrogens (primary N) is 1. The van der Waals surface area contributed by atoms with Gasteiger partial charge in [0, 0.05) is 22.3 Å². The Hall–Kier alpha value is -3.99. The van der Waals surface area contributed by atoms with Gasteiger partial charge in [-0.3, -0.25) is 4.79 Å². The van der Waals surface area contributed by atoms with E-state index in [2.05, 4.69) is 0 Å². The van der Waals surface area contributed by atoms with E-state index in [9.17, 15) is 4.79 Å². The van der Waals surface area contributed by atoms with Crippen molar-refractivity contribution in [3.63, 3.8) is 0 Å². The Morgan fingerprint density at radius 3 is 1.83 bits per heavy atom. The van der Waals surface area contributed by atoms with Crippen LogP contribution in [0.5, 0.6) is 5.75 Å². The standard InChI is InChI=1S/C24H19N3O2/c1-29-20-13-11-17(12-14-20)22-15-21(16-7-9-18(10-8-16)23(25)28)26-24(27-22)19-5-3-2-4-6-19/h2-15H,1H3,(H2,25,28). The number of nitrogens with zero attached hydrogens (tertiary/aromatic N) is 2. The first-order chi connectivity index (χ1) is 14.1. The predicted octanol–water partition coefficient (Wildman–Crippen LogP) is 4.59. The van der Waals surface area contributed by atoms with Gasteiger partial charge < -0.3 is 10.5 Å². The van der Waals surface area contributed by atoms with E-state index in [1.54, 1.807) is 19.2 Å². The molecule has 29 heavy (non-hydrogen) atoms. The highest BCUT2D eigenvalue weighted by Crippen LogP contribution is 2.28. The van der Waals surface area contributed by atoms with Crippen LogP contribution in [0.3, 0.4) is 0 Å². The van der Waals surface area contributed by atoms with Crippen molar-refractivity contribution in [3.05, 3.63) is 90.5 Å². The van der Waals surface area contributed by atoms with Crippen molar-refractivity contribution in [1.82, 2.24) is 9.97 Å². The molecule has 0 atom stereocenters. The zero-order chi connectivity index (χ0) is 20.2. The minimum atomic E-state index is -0.455. The molecule has 0 unspecified atom stereocenters. The summed E-state index contributed by atoms with van der Waals surface area (Å²) in [6.45, 7) is 0. The number of rotatable bonds is 5. The molecule has 4 aromatic rings. The molecular formula is C24H19N3O2. The SMILES string of the molecule is COc1ccc(-c2cc(-c3ccc(C(N)=O)cc3)nc(-c3ccccc3)n2)cc1. The smallest absolute Gasteiger partial charge is 0.248 e. The van der Waals surface area contributed by atoms with Crippen molar-refractivity contribution in [2.24, 2.45) is 5.73 Å². The van der Waals surface area contributed by atoms with Gasteiger partial charge in [0.1, 0.15) is 5.75 Å². The fourth-order valence-corrected chi connectivity index (χ4v) is 3.03. The van der Waals surface area contributed by atoms with Crippen LogP contribution < -0.4 is 10.5 Å². The Balaban J connectivity index is 1.84. The van der Waals surface area contributed by atoms with E-state index in [0.717, 1.165) is 33.8 Å². The summed E-state index contributed by atoms with van der Waals surface area (Å²) in [5.41, 5.74) is 10.1. The highest BCUT2D eigenvalue weighted by Gasteiger charge is 2.11. The maximum Gasteiger partial charge on any atom is 0.248 e. The average Bonchev–Trinajstić information content (AvgIpc) is 2.79. The van der Waals surface area contributed by atoms with E-state index in [4.69, 9.17) is 20.4 Å². The molecular weight excluding hydrogens is 362 g/mol. The minimum Gasteiger partial charge on any atom is -0.497 e. The van der Waals surface area contributed by atoms with Crippen LogP contribution in [-0.4, -0.2) is 23.0 Å². The molecule has 5 nitrogen and oxygen atoms in total. The Bertz CT molecular complexity index is 1140. The fourth-order valence-electron chi connectivity index (χ4n) is 3.03. The largest absolute Gasteiger partial charge is 0.497 e. The summed E-state index contributed by atoms with van der Waals surface area (Å²) in [6, 6.07) is 26.6. The second kappa shape index (κ2) is 7.94. The highest BCUT2D eigenvalue weighted by molar-refractivity contribution is 5.93. The molecule has 0 bridgehead atoms. The first kappa shape index (κ1) is 18.4. The third kappa shape index (κ3) is 3.99. The summed E-state index contributed by atoms with van der Waals surface area (Å²) in [5, 5.41) is 0. The first-order valence-electron chi connectivity index (χ1n) is 9.13. The average molecular weight is 381 g/mol. The molecule has 1 heterocycles. The van der Waals surface area contributed by atoms with Gasteiger partial charge in [0.15, 0.2) is 5.82 Å². The topological polar surface area (TPSA) is 78.1 Å². The van der Waals surface area contributed by atoms with Crippen LogP contribution in [0.25, 0.3) is 33.9 Å². The Kier molecular flexibility index (Phi) is 5.03. The number of amides is 1. The second-order valence-corrected chi connectivity index (χ2v) is 6.50. The van der Waals surface area contributed by atoms with Gasteiger partial charge in [-0.1, -0.05) is 42.5 Å². The number of ether oxygens (including phenoxy) is 1. The van der Waals surface area contributed by atoms with E-state index >= 15 is 0 Å². The van der Waals surface area contributed by atoms with Crippen LogP contribution in [0.15, 0.2) is 84.9 Å². The lowest BCUT2D eigenvalue weighted by Gasteiger charge is -2.10. The first-order valence-corrected chi connectivity index (χ1v) is 9.13. The number of primary amides is 1. The van der Waals surface area contributed by atoms with Crippen molar-refractivity contribution >= 4 is 5.91 Å². The summed E-state index contributed by atoms with van der Waals surface area (Å²) in [6.07, 6.45) is 0. The van der Waals surface area contributed by atoms with Crippen LogP contribution in [0.1, 0.15) is 10.4 Å². The van der Waals surface area contributed by atoms with Gasteiger partial charge in [0.25, 0.3) is 0 Å². The second-order valence-electron chi connectivity index (χ2n) is 6.50. The molecule has 0 saturated heterocycles. The molecule has 142 valence electrons. The van der Waals surface area contributed by atoms with Gasteiger partial charge in [0.2, 0.25) is 5.91 Å². The normalized spacial score (nSPS) is 10.5. The summed E-state index contributed by atoms with van der Waals surface area (Å²) in [7, 11) is 1.64.